The predicted octanol–water partition coefficient (Wildman–Crippen LogP) is 4.12. The SMILES string of the molecule is Fc1ccc(Sc2ccc3conc3c2)cc1. The van der Waals surface area contributed by atoms with Crippen molar-refractivity contribution in [2.24, 2.45) is 0 Å². The molecule has 0 N–H and O–H groups in total. The van der Waals surface area contributed by atoms with Crippen molar-refractivity contribution in [3.8, 4) is 0 Å². The number of halogens is 1. The van der Waals surface area contributed by atoms with E-state index in [-0.39, 0.29) is 5.82 Å². The Hall–Kier alpha value is -1.81. The van der Waals surface area contributed by atoms with Gasteiger partial charge in [0, 0.05) is 15.2 Å². The molecule has 0 bridgehead atoms. The van der Waals surface area contributed by atoms with E-state index in [4.69, 9.17) is 4.52 Å². The van der Waals surface area contributed by atoms with Crippen molar-refractivity contribution in [3.63, 3.8) is 0 Å². The third kappa shape index (κ3) is 2.17. The highest BCUT2D eigenvalue weighted by atomic mass is 32.2. The molecule has 3 aromatic rings. The number of hydrogen-bond acceptors (Lipinski definition) is 3. The van der Waals surface area contributed by atoms with Crippen LogP contribution < -0.4 is 0 Å². The van der Waals surface area contributed by atoms with E-state index in [2.05, 4.69) is 5.16 Å². The van der Waals surface area contributed by atoms with Crippen LogP contribution in [0, 0.1) is 5.82 Å². The number of benzene rings is 2. The van der Waals surface area contributed by atoms with Crippen LogP contribution in [0.3, 0.4) is 0 Å². The van der Waals surface area contributed by atoms with Crippen molar-refractivity contribution in [2.75, 3.05) is 0 Å². The zero-order valence-corrected chi connectivity index (χ0v) is 9.58. The first-order chi connectivity index (χ1) is 8.31. The Morgan fingerprint density at radius 2 is 1.76 bits per heavy atom. The first-order valence-corrected chi connectivity index (χ1v) is 5.90. The molecule has 84 valence electrons. The van der Waals surface area contributed by atoms with Gasteiger partial charge in [0.15, 0.2) is 0 Å². The van der Waals surface area contributed by atoms with Crippen molar-refractivity contribution in [3.05, 3.63) is 54.5 Å². The van der Waals surface area contributed by atoms with Gasteiger partial charge >= 0.3 is 0 Å². The molecule has 0 radical (unpaired) electrons. The summed E-state index contributed by atoms with van der Waals surface area (Å²) in [6, 6.07) is 12.3. The highest BCUT2D eigenvalue weighted by Gasteiger charge is 2.02. The first-order valence-electron chi connectivity index (χ1n) is 5.09. The second-order valence-corrected chi connectivity index (χ2v) is 4.74. The molecule has 1 heterocycles. The molecule has 0 saturated heterocycles. The minimum absolute atomic E-state index is 0.221. The molecule has 0 fully saturated rings. The Kier molecular flexibility index (Phi) is 2.57. The van der Waals surface area contributed by atoms with Crippen LogP contribution >= 0.6 is 11.8 Å². The lowest BCUT2D eigenvalue weighted by Gasteiger charge is -2.00. The Bertz CT molecular complexity index is 648. The highest BCUT2D eigenvalue weighted by Crippen LogP contribution is 2.29. The van der Waals surface area contributed by atoms with Crippen LogP contribution in [0.2, 0.25) is 0 Å². The molecular formula is C13H8FNOS. The van der Waals surface area contributed by atoms with Crippen LogP contribution in [0.4, 0.5) is 4.39 Å². The van der Waals surface area contributed by atoms with Crippen LogP contribution in [-0.2, 0) is 0 Å². The minimum atomic E-state index is -0.221. The summed E-state index contributed by atoms with van der Waals surface area (Å²) in [5.41, 5.74) is 0.831. The molecule has 0 spiro atoms. The van der Waals surface area contributed by atoms with E-state index in [9.17, 15) is 4.39 Å². The Morgan fingerprint density at radius 3 is 2.59 bits per heavy atom. The second kappa shape index (κ2) is 4.22. The fraction of sp³-hybridized carbons (Fsp3) is 0. The molecule has 0 saturated carbocycles. The van der Waals surface area contributed by atoms with Crippen molar-refractivity contribution >= 4 is 22.7 Å². The van der Waals surface area contributed by atoms with Crippen molar-refractivity contribution in [2.45, 2.75) is 9.79 Å². The molecule has 0 aliphatic carbocycles. The summed E-state index contributed by atoms with van der Waals surface area (Å²) < 4.78 is 17.6. The Labute approximate surface area is 101 Å². The van der Waals surface area contributed by atoms with Gasteiger partial charge in [-0.3, -0.25) is 0 Å². The summed E-state index contributed by atoms with van der Waals surface area (Å²) in [4.78, 5) is 2.05. The molecule has 0 atom stereocenters. The van der Waals surface area contributed by atoms with Gasteiger partial charge in [0.1, 0.15) is 17.6 Å². The molecule has 2 nitrogen and oxygen atoms in total. The van der Waals surface area contributed by atoms with Gasteiger partial charge in [-0.05, 0) is 42.5 Å². The molecule has 0 amide bonds. The second-order valence-electron chi connectivity index (χ2n) is 3.59. The van der Waals surface area contributed by atoms with Crippen LogP contribution in [0.15, 0.2) is 63.0 Å². The third-order valence-electron chi connectivity index (χ3n) is 2.38. The fourth-order valence-corrected chi connectivity index (χ4v) is 2.40. The molecule has 3 rings (SSSR count). The third-order valence-corrected chi connectivity index (χ3v) is 3.38. The quantitative estimate of drug-likeness (QED) is 0.679. The molecule has 4 heteroatoms. The summed E-state index contributed by atoms with van der Waals surface area (Å²) in [7, 11) is 0. The minimum Gasteiger partial charge on any atom is -0.364 e. The van der Waals surface area contributed by atoms with E-state index in [1.54, 1.807) is 30.2 Å². The van der Waals surface area contributed by atoms with E-state index in [0.29, 0.717) is 0 Å². The first kappa shape index (κ1) is 10.4. The number of aromatic nitrogens is 1. The van der Waals surface area contributed by atoms with E-state index in [1.165, 1.54) is 12.1 Å². The number of rotatable bonds is 2. The van der Waals surface area contributed by atoms with E-state index in [1.807, 2.05) is 18.2 Å². The number of fused-ring (bicyclic) bond motifs is 1. The lowest BCUT2D eigenvalue weighted by Crippen LogP contribution is -1.76. The topological polar surface area (TPSA) is 26.0 Å². The monoisotopic (exact) mass is 245 g/mol. The van der Waals surface area contributed by atoms with E-state index >= 15 is 0 Å². The van der Waals surface area contributed by atoms with Crippen molar-refractivity contribution < 1.29 is 8.91 Å². The van der Waals surface area contributed by atoms with E-state index in [0.717, 1.165) is 20.7 Å². The van der Waals surface area contributed by atoms with Crippen molar-refractivity contribution in [1.82, 2.24) is 5.16 Å². The normalized spacial score (nSPS) is 10.9. The Morgan fingerprint density at radius 1 is 1.00 bits per heavy atom. The molecule has 0 aliphatic rings. The summed E-state index contributed by atoms with van der Waals surface area (Å²) in [6.45, 7) is 0. The lowest BCUT2D eigenvalue weighted by molar-refractivity contribution is 0.428. The van der Waals surface area contributed by atoms with Gasteiger partial charge in [-0.25, -0.2) is 4.39 Å². The van der Waals surface area contributed by atoms with Gasteiger partial charge in [0.05, 0.1) is 0 Å². The van der Waals surface area contributed by atoms with Crippen molar-refractivity contribution in [1.29, 1.82) is 0 Å². The number of hydrogen-bond donors (Lipinski definition) is 0. The van der Waals surface area contributed by atoms with Gasteiger partial charge in [-0.15, -0.1) is 0 Å². The maximum absolute atomic E-state index is 12.8. The fourth-order valence-electron chi connectivity index (χ4n) is 1.54. The molecular weight excluding hydrogens is 237 g/mol. The molecule has 0 aliphatic heterocycles. The average molecular weight is 245 g/mol. The van der Waals surface area contributed by atoms with Gasteiger partial charge < -0.3 is 4.52 Å². The summed E-state index contributed by atoms with van der Waals surface area (Å²) >= 11 is 1.57. The number of nitrogens with zero attached hydrogens (tertiary/aromatic N) is 1. The maximum Gasteiger partial charge on any atom is 0.131 e. The van der Waals surface area contributed by atoms with Crippen LogP contribution in [0.5, 0.6) is 0 Å². The van der Waals surface area contributed by atoms with Crippen LogP contribution in [0.1, 0.15) is 0 Å². The summed E-state index contributed by atoms with van der Waals surface area (Å²) in [5, 5.41) is 4.87. The average Bonchev–Trinajstić information content (AvgIpc) is 2.79. The standard InChI is InChI=1S/C13H8FNOS/c14-10-2-5-11(6-3-10)17-12-4-1-9-8-16-15-13(9)7-12/h1-8H. The lowest BCUT2D eigenvalue weighted by atomic mass is 10.3. The van der Waals surface area contributed by atoms with Gasteiger partial charge in [0.2, 0.25) is 0 Å². The molecule has 0 unspecified atom stereocenters. The summed E-state index contributed by atoms with van der Waals surface area (Å²) in [6.07, 6.45) is 1.61. The Balaban J connectivity index is 1.91. The van der Waals surface area contributed by atoms with Gasteiger partial charge in [0.25, 0.3) is 0 Å². The van der Waals surface area contributed by atoms with Crippen LogP contribution in [0.25, 0.3) is 10.9 Å². The van der Waals surface area contributed by atoms with Gasteiger partial charge in [-0.1, -0.05) is 16.9 Å². The highest BCUT2D eigenvalue weighted by molar-refractivity contribution is 7.99. The molecule has 17 heavy (non-hydrogen) atoms. The van der Waals surface area contributed by atoms with Crippen LogP contribution in [-0.4, -0.2) is 5.16 Å². The van der Waals surface area contributed by atoms with E-state index < -0.39 is 0 Å². The smallest absolute Gasteiger partial charge is 0.131 e. The summed E-state index contributed by atoms with van der Waals surface area (Å²) in [5.74, 6) is -0.221. The maximum atomic E-state index is 12.8. The molecule has 1 aromatic heterocycles. The zero-order chi connectivity index (χ0) is 11.7. The molecule has 2 aromatic carbocycles. The predicted molar refractivity (Wildman–Crippen MR) is 64.5 cm³/mol. The largest absolute Gasteiger partial charge is 0.364 e. The van der Waals surface area contributed by atoms with Gasteiger partial charge in [-0.2, -0.15) is 0 Å². The zero-order valence-electron chi connectivity index (χ0n) is 8.76.